The SMILES string of the molecule is COC1CC(C(=O)Nc2ccc(N3CCCCC3=O)cc2F)N(C(=O)Nc2ccc(Cl)cc2)C1. The van der Waals surface area contributed by atoms with Gasteiger partial charge in [-0.25, -0.2) is 9.18 Å². The summed E-state index contributed by atoms with van der Waals surface area (Å²) in [7, 11) is 1.51. The molecule has 34 heavy (non-hydrogen) atoms. The second kappa shape index (κ2) is 10.4. The van der Waals surface area contributed by atoms with Crippen LogP contribution in [0.5, 0.6) is 0 Å². The number of ether oxygens (including phenoxy) is 1. The number of benzene rings is 2. The molecule has 2 aromatic carbocycles. The van der Waals surface area contributed by atoms with Crippen LogP contribution in [-0.4, -0.2) is 55.1 Å². The molecule has 4 rings (SSSR count). The Morgan fingerprint density at radius 2 is 1.88 bits per heavy atom. The van der Waals surface area contributed by atoms with Crippen LogP contribution in [0.15, 0.2) is 42.5 Å². The van der Waals surface area contributed by atoms with Gasteiger partial charge in [-0.2, -0.15) is 0 Å². The number of anilines is 3. The van der Waals surface area contributed by atoms with Crippen molar-refractivity contribution in [1.29, 1.82) is 0 Å². The third-order valence-corrected chi connectivity index (χ3v) is 6.35. The average Bonchev–Trinajstić information content (AvgIpc) is 3.27. The van der Waals surface area contributed by atoms with Crippen LogP contribution in [0.4, 0.5) is 26.2 Å². The van der Waals surface area contributed by atoms with E-state index in [1.807, 2.05) is 0 Å². The van der Waals surface area contributed by atoms with Crippen LogP contribution in [0.3, 0.4) is 0 Å². The molecule has 0 aliphatic carbocycles. The summed E-state index contributed by atoms with van der Waals surface area (Å²) in [5, 5.41) is 5.86. The third kappa shape index (κ3) is 5.31. The van der Waals surface area contributed by atoms with E-state index in [1.165, 1.54) is 24.1 Å². The summed E-state index contributed by atoms with van der Waals surface area (Å²) in [6.45, 7) is 0.759. The molecule has 0 aromatic heterocycles. The van der Waals surface area contributed by atoms with E-state index in [0.29, 0.717) is 29.4 Å². The summed E-state index contributed by atoms with van der Waals surface area (Å²) < 4.78 is 20.2. The first-order valence-electron chi connectivity index (χ1n) is 11.1. The van der Waals surface area contributed by atoms with Gasteiger partial charge in [-0.15, -0.1) is 0 Å². The maximum Gasteiger partial charge on any atom is 0.322 e. The van der Waals surface area contributed by atoms with E-state index < -0.39 is 23.8 Å². The Morgan fingerprint density at radius 3 is 2.56 bits per heavy atom. The second-order valence-corrected chi connectivity index (χ2v) is 8.79. The molecule has 8 nitrogen and oxygen atoms in total. The average molecular weight is 489 g/mol. The second-order valence-electron chi connectivity index (χ2n) is 8.35. The number of carbonyl (C=O) groups excluding carboxylic acids is 3. The highest BCUT2D eigenvalue weighted by Crippen LogP contribution is 2.27. The summed E-state index contributed by atoms with van der Waals surface area (Å²) in [5.74, 6) is -1.21. The smallest absolute Gasteiger partial charge is 0.322 e. The van der Waals surface area contributed by atoms with E-state index >= 15 is 0 Å². The molecule has 2 aromatic rings. The van der Waals surface area contributed by atoms with E-state index in [4.69, 9.17) is 16.3 Å². The Kier molecular flexibility index (Phi) is 7.33. The first-order valence-corrected chi connectivity index (χ1v) is 11.5. The maximum absolute atomic E-state index is 14.8. The molecular weight excluding hydrogens is 463 g/mol. The summed E-state index contributed by atoms with van der Waals surface area (Å²) in [4.78, 5) is 41.0. The first kappa shape index (κ1) is 24.0. The minimum atomic E-state index is -0.847. The molecule has 2 fully saturated rings. The highest BCUT2D eigenvalue weighted by molar-refractivity contribution is 6.30. The van der Waals surface area contributed by atoms with E-state index in [0.717, 1.165) is 12.8 Å². The van der Waals surface area contributed by atoms with Gasteiger partial charge < -0.3 is 25.2 Å². The monoisotopic (exact) mass is 488 g/mol. The predicted octanol–water partition coefficient (Wildman–Crippen LogP) is 4.26. The number of hydrogen-bond acceptors (Lipinski definition) is 4. The van der Waals surface area contributed by atoms with Crippen molar-refractivity contribution in [2.75, 3.05) is 35.7 Å². The fourth-order valence-electron chi connectivity index (χ4n) is 4.24. The van der Waals surface area contributed by atoms with Gasteiger partial charge >= 0.3 is 6.03 Å². The zero-order valence-corrected chi connectivity index (χ0v) is 19.5. The van der Waals surface area contributed by atoms with E-state index in [2.05, 4.69) is 10.6 Å². The molecule has 2 aliphatic heterocycles. The number of nitrogens with one attached hydrogen (secondary N) is 2. The van der Waals surface area contributed by atoms with Gasteiger partial charge in [-0.05, 0) is 55.3 Å². The lowest BCUT2D eigenvalue weighted by atomic mass is 10.1. The topological polar surface area (TPSA) is 91.0 Å². The predicted molar refractivity (Wildman–Crippen MR) is 128 cm³/mol. The van der Waals surface area contributed by atoms with Crippen LogP contribution in [0, 0.1) is 5.82 Å². The molecule has 2 N–H and O–H groups in total. The summed E-state index contributed by atoms with van der Waals surface area (Å²) in [5.41, 5.74) is 0.977. The standard InChI is InChI=1S/C24H26ClFN4O4/c1-34-18-13-21(30(14-18)24(33)27-16-7-5-15(25)6-8-16)23(32)28-20-10-9-17(12-19(20)26)29-11-3-2-4-22(29)31/h5-10,12,18,21H,2-4,11,13-14H2,1H3,(H,27,33)(H,28,32). The van der Waals surface area contributed by atoms with E-state index in [9.17, 15) is 18.8 Å². The molecule has 0 saturated carbocycles. The quantitative estimate of drug-likeness (QED) is 0.658. The van der Waals surface area contributed by atoms with Crippen molar-refractivity contribution in [3.05, 3.63) is 53.3 Å². The maximum atomic E-state index is 14.8. The molecule has 180 valence electrons. The largest absolute Gasteiger partial charge is 0.380 e. The Labute approximate surface area is 202 Å². The van der Waals surface area contributed by atoms with Crippen LogP contribution in [0.25, 0.3) is 0 Å². The molecule has 2 unspecified atom stereocenters. The lowest BCUT2D eigenvalue weighted by Crippen LogP contribution is -2.45. The molecule has 0 radical (unpaired) electrons. The van der Waals surface area contributed by atoms with Crippen LogP contribution >= 0.6 is 11.6 Å². The number of urea groups is 1. The molecule has 2 heterocycles. The highest BCUT2D eigenvalue weighted by Gasteiger charge is 2.40. The zero-order chi connectivity index (χ0) is 24.2. The Bertz CT molecular complexity index is 1080. The van der Waals surface area contributed by atoms with Crippen LogP contribution < -0.4 is 15.5 Å². The van der Waals surface area contributed by atoms with Crippen LogP contribution in [-0.2, 0) is 14.3 Å². The lowest BCUT2D eigenvalue weighted by Gasteiger charge is -2.27. The van der Waals surface area contributed by atoms with E-state index in [1.54, 1.807) is 35.2 Å². The van der Waals surface area contributed by atoms with Gasteiger partial charge in [0, 0.05) is 49.4 Å². The van der Waals surface area contributed by atoms with Gasteiger partial charge in [-0.3, -0.25) is 9.59 Å². The van der Waals surface area contributed by atoms with Crippen LogP contribution in [0.1, 0.15) is 25.7 Å². The normalized spacial score (nSPS) is 20.4. The molecule has 2 atom stereocenters. The molecule has 2 aliphatic rings. The molecule has 2 saturated heterocycles. The first-order chi connectivity index (χ1) is 16.4. The van der Waals surface area contributed by atoms with Crippen molar-refractivity contribution in [2.45, 2.75) is 37.8 Å². The minimum absolute atomic E-state index is 0.0165. The Balaban J connectivity index is 1.46. The Morgan fingerprint density at radius 1 is 1.12 bits per heavy atom. The van der Waals surface area contributed by atoms with E-state index in [-0.39, 0.29) is 30.7 Å². The van der Waals surface area contributed by atoms with Crippen molar-refractivity contribution < 1.29 is 23.5 Å². The number of rotatable bonds is 5. The number of piperidine rings is 1. The fourth-order valence-corrected chi connectivity index (χ4v) is 4.36. The number of likely N-dealkylation sites (tertiary alicyclic amines) is 1. The van der Waals surface area contributed by atoms with Gasteiger partial charge in [0.1, 0.15) is 11.9 Å². The van der Waals surface area contributed by atoms with Crippen LogP contribution in [0.2, 0.25) is 5.02 Å². The van der Waals surface area contributed by atoms with Crippen molar-refractivity contribution in [3.63, 3.8) is 0 Å². The summed E-state index contributed by atoms with van der Waals surface area (Å²) >= 11 is 5.89. The van der Waals surface area contributed by atoms with Crippen molar-refractivity contribution >= 4 is 46.5 Å². The number of halogens is 2. The third-order valence-electron chi connectivity index (χ3n) is 6.10. The number of hydrogen-bond donors (Lipinski definition) is 2. The molecule has 4 amide bonds. The van der Waals surface area contributed by atoms with Gasteiger partial charge in [0.2, 0.25) is 11.8 Å². The number of amides is 4. The summed E-state index contributed by atoms with van der Waals surface area (Å²) in [6.07, 6.45) is 2.08. The summed E-state index contributed by atoms with van der Waals surface area (Å²) in [6, 6.07) is 9.58. The van der Waals surface area contributed by atoms with Gasteiger partial charge in [-0.1, -0.05) is 11.6 Å². The molecule has 0 bridgehead atoms. The lowest BCUT2D eigenvalue weighted by molar-refractivity contribution is -0.120. The van der Waals surface area contributed by atoms with Gasteiger partial charge in [0.25, 0.3) is 0 Å². The number of methoxy groups -OCH3 is 1. The van der Waals surface area contributed by atoms with Gasteiger partial charge in [0.05, 0.1) is 11.8 Å². The number of carbonyl (C=O) groups is 3. The molecular formula is C24H26ClFN4O4. The zero-order valence-electron chi connectivity index (χ0n) is 18.7. The molecule has 10 heteroatoms. The number of nitrogens with zero attached hydrogens (tertiary/aromatic N) is 2. The Hall–Kier alpha value is -3.17. The minimum Gasteiger partial charge on any atom is -0.380 e. The van der Waals surface area contributed by atoms with Crippen molar-refractivity contribution in [3.8, 4) is 0 Å². The molecule has 0 spiro atoms. The van der Waals surface area contributed by atoms with Crippen molar-refractivity contribution in [1.82, 2.24) is 4.90 Å². The highest BCUT2D eigenvalue weighted by atomic mass is 35.5. The fraction of sp³-hybridized carbons (Fsp3) is 0.375. The van der Waals surface area contributed by atoms with Crippen molar-refractivity contribution in [2.24, 2.45) is 0 Å². The van der Waals surface area contributed by atoms with Gasteiger partial charge in [0.15, 0.2) is 0 Å².